The summed E-state index contributed by atoms with van der Waals surface area (Å²) in [5.41, 5.74) is 2.56. The average Bonchev–Trinajstić information content (AvgIpc) is 2.82. The van der Waals surface area contributed by atoms with Crippen molar-refractivity contribution in [1.82, 2.24) is 9.88 Å². The maximum atomic E-state index is 12.8. The van der Waals surface area contributed by atoms with E-state index in [4.69, 9.17) is 0 Å². The van der Waals surface area contributed by atoms with Crippen LogP contribution < -0.4 is 0 Å². The number of rotatable bonds is 4. The summed E-state index contributed by atoms with van der Waals surface area (Å²) in [5.74, 6) is -0.798. The molecule has 2 unspecified atom stereocenters. The van der Waals surface area contributed by atoms with Gasteiger partial charge in [0.1, 0.15) is 0 Å². The van der Waals surface area contributed by atoms with Gasteiger partial charge in [-0.15, -0.1) is 0 Å². The molecule has 122 valence electrons. The number of carboxylic acids is 1. The number of nitrogens with zero attached hydrogens (tertiary/aromatic N) is 1. The number of aliphatic carboxylic acids is 1. The second-order valence-electron chi connectivity index (χ2n) is 6.66. The van der Waals surface area contributed by atoms with Crippen molar-refractivity contribution in [1.29, 1.82) is 0 Å². The van der Waals surface area contributed by atoms with E-state index in [0.717, 1.165) is 28.7 Å². The number of aromatic amines is 1. The highest BCUT2D eigenvalue weighted by molar-refractivity contribution is 6.10. The number of likely N-dealkylation sites (tertiary alicyclic amines) is 1. The number of carbonyl (C=O) groups is 2. The Morgan fingerprint density at radius 2 is 2.04 bits per heavy atom. The number of carboxylic acid groups (broad SMARTS) is 1. The largest absolute Gasteiger partial charge is 0.481 e. The highest BCUT2D eigenvalue weighted by Crippen LogP contribution is 2.25. The lowest BCUT2D eigenvalue weighted by Gasteiger charge is -2.34. The van der Waals surface area contributed by atoms with Crippen molar-refractivity contribution in [3.8, 4) is 0 Å². The third-order valence-electron chi connectivity index (χ3n) is 4.62. The summed E-state index contributed by atoms with van der Waals surface area (Å²) in [6.07, 6.45) is 0.687. The molecule has 1 aliphatic heterocycles. The molecule has 0 radical (unpaired) electrons. The number of hydrogen-bond acceptors (Lipinski definition) is 3. The van der Waals surface area contributed by atoms with Crippen molar-refractivity contribution >= 4 is 22.7 Å². The fourth-order valence-corrected chi connectivity index (χ4v) is 3.69. The number of fused-ring (bicyclic) bond motifs is 1. The van der Waals surface area contributed by atoms with E-state index >= 15 is 0 Å². The Balaban J connectivity index is 1.80. The highest BCUT2D eigenvalue weighted by Gasteiger charge is 2.31. The molecule has 2 aromatic rings. The zero-order valence-corrected chi connectivity index (χ0v) is 13.5. The Bertz CT molecular complexity index is 750. The van der Waals surface area contributed by atoms with Gasteiger partial charge in [-0.1, -0.05) is 25.1 Å². The second kappa shape index (κ2) is 6.16. The summed E-state index contributed by atoms with van der Waals surface area (Å²) in [4.78, 5) is 29.3. The first-order chi connectivity index (χ1) is 11.0. The molecule has 0 spiro atoms. The number of aryl methyl sites for hydroxylation is 1. The fraction of sp³-hybridized carbons (Fsp3) is 0.444. The Labute approximate surface area is 135 Å². The van der Waals surface area contributed by atoms with E-state index in [1.165, 1.54) is 0 Å². The number of aromatic nitrogens is 1. The van der Waals surface area contributed by atoms with E-state index in [1.807, 2.05) is 43.0 Å². The summed E-state index contributed by atoms with van der Waals surface area (Å²) < 4.78 is 0. The number of ketones is 1. The lowest BCUT2D eigenvalue weighted by atomic mass is 9.90. The van der Waals surface area contributed by atoms with Crippen molar-refractivity contribution in [2.45, 2.75) is 20.3 Å². The third-order valence-corrected chi connectivity index (χ3v) is 4.62. The standard InChI is InChI=1S/C18H22N2O3/c1-11-7-13(18(22)23)9-20(8-11)10-16(21)17-12(2)19-15-6-4-3-5-14(15)17/h3-6,11,13,19H,7-10H2,1-2H3,(H,22,23). The molecule has 3 rings (SSSR count). The van der Waals surface area contributed by atoms with Gasteiger partial charge in [0.25, 0.3) is 0 Å². The van der Waals surface area contributed by atoms with Crippen LogP contribution in [0.4, 0.5) is 0 Å². The first-order valence-electron chi connectivity index (χ1n) is 8.01. The number of Topliss-reactive ketones (excluding diaryl/α,β-unsaturated/α-hetero) is 1. The van der Waals surface area contributed by atoms with Crippen molar-refractivity contribution in [2.75, 3.05) is 19.6 Å². The van der Waals surface area contributed by atoms with E-state index in [9.17, 15) is 14.7 Å². The van der Waals surface area contributed by atoms with E-state index in [1.54, 1.807) is 0 Å². The zero-order valence-electron chi connectivity index (χ0n) is 13.5. The van der Waals surface area contributed by atoms with E-state index < -0.39 is 5.97 Å². The Kier molecular flexibility index (Phi) is 4.22. The van der Waals surface area contributed by atoms with Crippen LogP contribution in [-0.2, 0) is 4.79 Å². The minimum Gasteiger partial charge on any atom is -0.481 e. The van der Waals surface area contributed by atoms with Crippen LogP contribution in [0.2, 0.25) is 0 Å². The number of carbonyl (C=O) groups excluding carboxylic acids is 1. The van der Waals surface area contributed by atoms with Gasteiger partial charge >= 0.3 is 5.97 Å². The fourth-order valence-electron chi connectivity index (χ4n) is 3.69. The van der Waals surface area contributed by atoms with Crippen LogP contribution >= 0.6 is 0 Å². The normalized spacial score (nSPS) is 22.3. The van der Waals surface area contributed by atoms with Crippen molar-refractivity contribution < 1.29 is 14.7 Å². The van der Waals surface area contributed by atoms with Crippen LogP contribution in [0.3, 0.4) is 0 Å². The summed E-state index contributed by atoms with van der Waals surface area (Å²) in [7, 11) is 0. The number of hydrogen-bond donors (Lipinski definition) is 2. The molecule has 2 N–H and O–H groups in total. The molecule has 2 atom stereocenters. The molecular formula is C18H22N2O3. The van der Waals surface area contributed by atoms with Gasteiger partial charge in [-0.05, 0) is 25.3 Å². The van der Waals surface area contributed by atoms with Crippen molar-refractivity contribution in [2.24, 2.45) is 11.8 Å². The number of para-hydroxylation sites is 1. The summed E-state index contributed by atoms with van der Waals surface area (Å²) >= 11 is 0. The van der Waals surface area contributed by atoms with Crippen molar-refractivity contribution in [3.05, 3.63) is 35.5 Å². The maximum Gasteiger partial charge on any atom is 0.307 e. The van der Waals surface area contributed by atoms with E-state index in [2.05, 4.69) is 4.98 Å². The quantitative estimate of drug-likeness (QED) is 0.851. The van der Waals surface area contributed by atoms with Gasteiger partial charge in [-0.25, -0.2) is 0 Å². The lowest BCUT2D eigenvalue weighted by Crippen LogP contribution is -2.44. The third kappa shape index (κ3) is 3.15. The zero-order chi connectivity index (χ0) is 16.6. The predicted molar refractivity (Wildman–Crippen MR) is 88.7 cm³/mol. The SMILES string of the molecule is Cc1[nH]c2ccccc2c1C(=O)CN1CC(C)CC(C(=O)O)C1. The van der Waals surface area contributed by atoms with E-state index in [0.29, 0.717) is 18.9 Å². The minimum absolute atomic E-state index is 0.0539. The molecule has 1 saturated heterocycles. The van der Waals surface area contributed by atoms with Gasteiger partial charge < -0.3 is 10.1 Å². The van der Waals surface area contributed by atoms with Gasteiger partial charge in [0.05, 0.1) is 12.5 Å². The van der Waals surface area contributed by atoms with Crippen LogP contribution in [0.25, 0.3) is 10.9 Å². The topological polar surface area (TPSA) is 73.4 Å². The van der Waals surface area contributed by atoms with Crippen molar-refractivity contribution in [3.63, 3.8) is 0 Å². The number of H-pyrrole nitrogens is 1. The first-order valence-corrected chi connectivity index (χ1v) is 8.01. The molecule has 0 bridgehead atoms. The summed E-state index contributed by atoms with van der Waals surface area (Å²) in [6.45, 7) is 5.45. The molecule has 1 aromatic heterocycles. The van der Waals surface area contributed by atoms with Crippen LogP contribution in [0.1, 0.15) is 29.4 Å². The summed E-state index contributed by atoms with van der Waals surface area (Å²) in [5, 5.41) is 10.2. The number of piperidine rings is 1. The summed E-state index contributed by atoms with van der Waals surface area (Å²) in [6, 6.07) is 7.78. The Morgan fingerprint density at radius 3 is 2.78 bits per heavy atom. The predicted octanol–water partition coefficient (Wildman–Crippen LogP) is 2.70. The lowest BCUT2D eigenvalue weighted by molar-refractivity contribution is -0.144. The number of nitrogens with one attached hydrogen (secondary N) is 1. The smallest absolute Gasteiger partial charge is 0.307 e. The molecule has 23 heavy (non-hydrogen) atoms. The molecule has 1 aromatic carbocycles. The Hall–Kier alpha value is -2.14. The van der Waals surface area contributed by atoms with Gasteiger partial charge in [0.2, 0.25) is 0 Å². The van der Waals surface area contributed by atoms with Gasteiger partial charge in [0.15, 0.2) is 5.78 Å². The van der Waals surface area contributed by atoms with Gasteiger partial charge in [0, 0.05) is 35.2 Å². The molecule has 1 aliphatic rings. The van der Waals surface area contributed by atoms with E-state index in [-0.39, 0.29) is 18.2 Å². The molecule has 2 heterocycles. The first kappa shape index (κ1) is 15.7. The van der Waals surface area contributed by atoms with Crippen LogP contribution in [0.5, 0.6) is 0 Å². The average molecular weight is 314 g/mol. The molecule has 1 fully saturated rings. The minimum atomic E-state index is -0.766. The Morgan fingerprint density at radius 1 is 1.30 bits per heavy atom. The molecule has 5 nitrogen and oxygen atoms in total. The molecule has 0 saturated carbocycles. The molecule has 5 heteroatoms. The highest BCUT2D eigenvalue weighted by atomic mass is 16.4. The van der Waals surface area contributed by atoms with Crippen LogP contribution in [-0.4, -0.2) is 46.4 Å². The maximum absolute atomic E-state index is 12.8. The van der Waals surface area contributed by atoms with Gasteiger partial charge in [-0.3, -0.25) is 14.5 Å². The molecular weight excluding hydrogens is 292 g/mol. The second-order valence-corrected chi connectivity index (χ2v) is 6.66. The van der Waals surface area contributed by atoms with Gasteiger partial charge in [-0.2, -0.15) is 0 Å². The number of benzene rings is 1. The van der Waals surface area contributed by atoms with Crippen LogP contribution in [0.15, 0.2) is 24.3 Å². The molecule has 0 amide bonds. The molecule has 0 aliphatic carbocycles. The monoisotopic (exact) mass is 314 g/mol. The van der Waals surface area contributed by atoms with Crippen LogP contribution in [0, 0.1) is 18.8 Å².